The van der Waals surface area contributed by atoms with Gasteiger partial charge in [0.25, 0.3) is 0 Å². The largest absolute Gasteiger partial charge is 0.390 e. The van der Waals surface area contributed by atoms with E-state index in [1.54, 1.807) is 0 Å². The molecule has 0 heterocycles. The summed E-state index contributed by atoms with van der Waals surface area (Å²) < 4.78 is 0. The van der Waals surface area contributed by atoms with Crippen LogP contribution in [0.25, 0.3) is 0 Å². The summed E-state index contributed by atoms with van der Waals surface area (Å²) in [5.41, 5.74) is 0.211. The number of aliphatic hydroxyl groups is 1. The molecule has 10 atom stereocenters. The van der Waals surface area contributed by atoms with E-state index in [9.17, 15) is 5.11 Å². The first-order chi connectivity index (χ1) is 13.3. The molecule has 0 bridgehead atoms. The third-order valence-corrected chi connectivity index (χ3v) is 11.1. The van der Waals surface area contributed by atoms with Crippen LogP contribution in [0.4, 0.5) is 0 Å². The molecule has 0 radical (unpaired) electrons. The molecule has 4 fully saturated rings. The van der Waals surface area contributed by atoms with E-state index in [2.05, 4.69) is 34.6 Å². The Bertz CT molecular complexity index is 538. The summed E-state index contributed by atoms with van der Waals surface area (Å²) in [4.78, 5) is 0. The standard InChI is InChI=1S/C27H48O/c1-6-7-8-9-18(2)20-14-16-26(4)24(20)13-11-23-22-15-17-27(5,28)19(3)21(22)10-12-25(23)26/h18-25,28H,6-17H2,1-5H3/t18-,19-,20+,21-,22-,23+,24+,25-,26+,27-/m0/s1. The Morgan fingerprint density at radius 3 is 2.32 bits per heavy atom. The summed E-state index contributed by atoms with van der Waals surface area (Å²) in [6, 6.07) is 0. The van der Waals surface area contributed by atoms with Crippen molar-refractivity contribution in [3.05, 3.63) is 0 Å². The van der Waals surface area contributed by atoms with Gasteiger partial charge in [0.05, 0.1) is 5.60 Å². The van der Waals surface area contributed by atoms with Crippen molar-refractivity contribution in [2.24, 2.45) is 52.8 Å². The van der Waals surface area contributed by atoms with Gasteiger partial charge in [-0.25, -0.2) is 0 Å². The van der Waals surface area contributed by atoms with Crippen LogP contribution in [0.5, 0.6) is 0 Å². The van der Waals surface area contributed by atoms with Crippen LogP contribution >= 0.6 is 0 Å². The summed E-state index contributed by atoms with van der Waals surface area (Å²) in [5, 5.41) is 10.9. The topological polar surface area (TPSA) is 20.2 Å². The minimum Gasteiger partial charge on any atom is -0.390 e. The molecule has 0 aromatic carbocycles. The normalized spacial score (nSPS) is 51.9. The van der Waals surface area contributed by atoms with Crippen LogP contribution in [0.3, 0.4) is 0 Å². The van der Waals surface area contributed by atoms with E-state index in [4.69, 9.17) is 0 Å². The maximum Gasteiger partial charge on any atom is 0.0648 e. The lowest BCUT2D eigenvalue weighted by Crippen LogP contribution is -2.54. The van der Waals surface area contributed by atoms with Crippen LogP contribution in [-0.2, 0) is 0 Å². The van der Waals surface area contributed by atoms with Crippen molar-refractivity contribution in [3.63, 3.8) is 0 Å². The number of hydrogen-bond acceptors (Lipinski definition) is 1. The van der Waals surface area contributed by atoms with Crippen LogP contribution in [-0.4, -0.2) is 10.7 Å². The Morgan fingerprint density at radius 2 is 1.57 bits per heavy atom. The van der Waals surface area contributed by atoms with E-state index in [0.29, 0.717) is 11.3 Å². The molecule has 4 aliphatic carbocycles. The van der Waals surface area contributed by atoms with Crippen LogP contribution in [0.1, 0.15) is 112 Å². The van der Waals surface area contributed by atoms with E-state index in [-0.39, 0.29) is 0 Å². The molecule has 0 aromatic heterocycles. The van der Waals surface area contributed by atoms with E-state index in [1.165, 1.54) is 70.6 Å². The molecule has 4 aliphatic rings. The number of rotatable bonds is 5. The zero-order valence-electron chi connectivity index (χ0n) is 19.6. The molecule has 0 unspecified atom stereocenters. The minimum absolute atomic E-state index is 0.415. The van der Waals surface area contributed by atoms with Crippen molar-refractivity contribution < 1.29 is 5.11 Å². The van der Waals surface area contributed by atoms with E-state index in [0.717, 1.165) is 47.8 Å². The van der Waals surface area contributed by atoms with Gasteiger partial charge in [-0.15, -0.1) is 0 Å². The quantitative estimate of drug-likeness (QED) is 0.484. The molecule has 1 heteroatoms. The van der Waals surface area contributed by atoms with Crippen LogP contribution < -0.4 is 0 Å². The lowest BCUT2D eigenvalue weighted by Gasteiger charge is -2.59. The molecular weight excluding hydrogens is 340 g/mol. The number of fused-ring (bicyclic) bond motifs is 5. The monoisotopic (exact) mass is 388 g/mol. The third-order valence-electron chi connectivity index (χ3n) is 11.1. The maximum absolute atomic E-state index is 10.9. The summed E-state index contributed by atoms with van der Waals surface area (Å²) in [6.07, 6.45) is 16.9. The van der Waals surface area contributed by atoms with Gasteiger partial charge in [-0.3, -0.25) is 0 Å². The highest BCUT2D eigenvalue weighted by Gasteiger charge is 2.59. The first-order valence-corrected chi connectivity index (χ1v) is 13.0. The van der Waals surface area contributed by atoms with Crippen LogP contribution in [0, 0.1) is 52.8 Å². The molecule has 162 valence electrons. The Labute approximate surface area is 175 Å². The molecule has 1 nitrogen and oxygen atoms in total. The molecule has 4 saturated carbocycles. The van der Waals surface area contributed by atoms with Crippen molar-refractivity contribution in [2.75, 3.05) is 0 Å². The van der Waals surface area contributed by atoms with Gasteiger partial charge in [0.2, 0.25) is 0 Å². The minimum atomic E-state index is -0.415. The second kappa shape index (κ2) is 7.90. The lowest BCUT2D eigenvalue weighted by molar-refractivity contribution is -0.138. The highest BCUT2D eigenvalue weighted by atomic mass is 16.3. The van der Waals surface area contributed by atoms with Gasteiger partial charge >= 0.3 is 0 Å². The van der Waals surface area contributed by atoms with E-state index in [1.807, 2.05) is 0 Å². The second-order valence-corrected chi connectivity index (χ2v) is 12.2. The summed E-state index contributed by atoms with van der Waals surface area (Å²) >= 11 is 0. The Morgan fingerprint density at radius 1 is 0.857 bits per heavy atom. The predicted molar refractivity (Wildman–Crippen MR) is 119 cm³/mol. The Kier molecular flexibility index (Phi) is 5.98. The molecule has 0 spiro atoms. The van der Waals surface area contributed by atoms with Crippen molar-refractivity contribution in [1.29, 1.82) is 0 Å². The zero-order chi connectivity index (χ0) is 20.1. The highest BCUT2D eigenvalue weighted by Crippen LogP contribution is 2.66. The first-order valence-electron chi connectivity index (χ1n) is 13.0. The van der Waals surface area contributed by atoms with Crippen LogP contribution in [0.15, 0.2) is 0 Å². The van der Waals surface area contributed by atoms with Crippen molar-refractivity contribution >= 4 is 0 Å². The summed E-state index contributed by atoms with van der Waals surface area (Å²) in [7, 11) is 0. The molecule has 0 amide bonds. The van der Waals surface area contributed by atoms with Crippen molar-refractivity contribution in [3.8, 4) is 0 Å². The van der Waals surface area contributed by atoms with Crippen molar-refractivity contribution in [1.82, 2.24) is 0 Å². The third kappa shape index (κ3) is 3.40. The Hall–Kier alpha value is -0.0400. The molecule has 0 aliphatic heterocycles. The molecule has 4 rings (SSSR count). The zero-order valence-corrected chi connectivity index (χ0v) is 19.6. The van der Waals surface area contributed by atoms with E-state index >= 15 is 0 Å². The maximum atomic E-state index is 10.9. The fourth-order valence-electron chi connectivity index (χ4n) is 9.19. The number of unbranched alkanes of at least 4 members (excludes halogenated alkanes) is 2. The van der Waals surface area contributed by atoms with Gasteiger partial charge in [-0.05, 0) is 111 Å². The fraction of sp³-hybridized carbons (Fsp3) is 1.00. The highest BCUT2D eigenvalue weighted by molar-refractivity contribution is 5.08. The SMILES string of the molecule is CCCCC[C@H](C)[C@H]1CC[C@]2(C)[C@@H]1CC[C@@H]1[C@H]3CC[C@](C)(O)[C@@H](C)[C@@H]3CC[C@@H]12. The van der Waals surface area contributed by atoms with E-state index < -0.39 is 5.60 Å². The lowest BCUT2D eigenvalue weighted by atomic mass is 9.46. The van der Waals surface area contributed by atoms with Gasteiger partial charge in [-0.1, -0.05) is 53.4 Å². The van der Waals surface area contributed by atoms with Gasteiger partial charge in [0.15, 0.2) is 0 Å². The smallest absolute Gasteiger partial charge is 0.0648 e. The van der Waals surface area contributed by atoms with Gasteiger partial charge in [-0.2, -0.15) is 0 Å². The predicted octanol–water partition coefficient (Wildman–Crippen LogP) is 7.47. The van der Waals surface area contributed by atoms with Crippen molar-refractivity contribution in [2.45, 2.75) is 117 Å². The second-order valence-electron chi connectivity index (χ2n) is 12.2. The first kappa shape index (κ1) is 21.2. The summed E-state index contributed by atoms with van der Waals surface area (Å²) in [5.74, 6) is 7.09. The average Bonchev–Trinajstić information content (AvgIpc) is 3.02. The molecule has 28 heavy (non-hydrogen) atoms. The number of hydrogen-bond donors (Lipinski definition) is 1. The van der Waals surface area contributed by atoms with Gasteiger partial charge in [0.1, 0.15) is 0 Å². The molecule has 1 N–H and O–H groups in total. The fourth-order valence-corrected chi connectivity index (χ4v) is 9.19. The Balaban J connectivity index is 1.47. The molecule has 0 saturated heterocycles. The average molecular weight is 389 g/mol. The molecular formula is C27H48O. The van der Waals surface area contributed by atoms with Gasteiger partial charge in [0, 0.05) is 0 Å². The van der Waals surface area contributed by atoms with Gasteiger partial charge < -0.3 is 5.11 Å². The van der Waals surface area contributed by atoms with Crippen LogP contribution in [0.2, 0.25) is 0 Å². The molecule has 0 aromatic rings. The summed E-state index contributed by atoms with van der Waals surface area (Å²) in [6.45, 7) is 12.1.